The summed E-state index contributed by atoms with van der Waals surface area (Å²) in [5.74, 6) is 0.621. The summed E-state index contributed by atoms with van der Waals surface area (Å²) >= 11 is 0. The minimum absolute atomic E-state index is 0.0961. The van der Waals surface area contributed by atoms with Crippen molar-refractivity contribution in [1.29, 1.82) is 0 Å². The van der Waals surface area contributed by atoms with Gasteiger partial charge in [0.25, 0.3) is 0 Å². The third kappa shape index (κ3) is 3.06. The van der Waals surface area contributed by atoms with E-state index >= 15 is 0 Å². The van der Waals surface area contributed by atoms with Gasteiger partial charge in [0.1, 0.15) is 0 Å². The Morgan fingerprint density at radius 3 is 2.67 bits per heavy atom. The van der Waals surface area contributed by atoms with E-state index in [-0.39, 0.29) is 18.4 Å². The Labute approximate surface area is 143 Å². The van der Waals surface area contributed by atoms with Crippen LogP contribution in [-0.2, 0) is 11.2 Å². The zero-order chi connectivity index (χ0) is 17.3. The molecule has 126 valence electrons. The normalized spacial score (nSPS) is 15.5. The number of carbonyl (C=O) groups excluding carboxylic acids is 1. The molecule has 1 aliphatic heterocycles. The van der Waals surface area contributed by atoms with Gasteiger partial charge < -0.3 is 10.0 Å². The third-order valence-corrected chi connectivity index (χ3v) is 4.95. The molecule has 1 aromatic heterocycles. The first kappa shape index (κ1) is 16.7. The first-order valence-electron chi connectivity index (χ1n) is 8.47. The van der Waals surface area contributed by atoms with Gasteiger partial charge in [-0.3, -0.25) is 9.78 Å². The fourth-order valence-corrected chi connectivity index (χ4v) is 3.36. The Bertz CT molecular complexity index is 755. The number of rotatable bonds is 4. The molecule has 0 saturated heterocycles. The van der Waals surface area contributed by atoms with Crippen LogP contribution in [0, 0.1) is 5.92 Å². The van der Waals surface area contributed by atoms with Gasteiger partial charge in [-0.05, 0) is 47.2 Å². The standard InChI is InChI=1S/C20H24N2O2/c1-13(2)18(12-23)17-9-16(10-21-11-17)14-4-6-19-15(8-14)5-7-20(24)22(19)3/h4,6,8-11,13,18,23H,5,7,12H2,1-3H3/t18-/m1/s1. The summed E-state index contributed by atoms with van der Waals surface area (Å²) in [5, 5.41) is 9.66. The number of nitrogens with zero attached hydrogens (tertiary/aromatic N) is 2. The van der Waals surface area contributed by atoms with Crippen molar-refractivity contribution in [2.24, 2.45) is 5.92 Å². The summed E-state index contributed by atoms with van der Waals surface area (Å²) in [5.41, 5.74) is 5.41. The van der Waals surface area contributed by atoms with Crippen LogP contribution in [0.25, 0.3) is 11.1 Å². The van der Waals surface area contributed by atoms with Gasteiger partial charge in [0.2, 0.25) is 5.91 Å². The fraction of sp³-hybridized carbons (Fsp3) is 0.400. The monoisotopic (exact) mass is 324 g/mol. The quantitative estimate of drug-likeness (QED) is 0.938. The number of benzene rings is 1. The van der Waals surface area contributed by atoms with Crippen molar-refractivity contribution < 1.29 is 9.90 Å². The molecule has 3 rings (SSSR count). The molecular weight excluding hydrogens is 300 g/mol. The molecule has 0 spiro atoms. The molecule has 0 aliphatic carbocycles. The molecule has 0 saturated carbocycles. The number of aryl methyl sites for hydroxylation is 1. The molecule has 1 aromatic carbocycles. The third-order valence-electron chi connectivity index (χ3n) is 4.95. The lowest BCUT2D eigenvalue weighted by atomic mass is 9.88. The molecular formula is C20H24N2O2. The van der Waals surface area contributed by atoms with E-state index in [0.29, 0.717) is 12.3 Å². The lowest BCUT2D eigenvalue weighted by Crippen LogP contribution is -2.30. The van der Waals surface area contributed by atoms with E-state index in [4.69, 9.17) is 0 Å². The smallest absolute Gasteiger partial charge is 0.227 e. The average molecular weight is 324 g/mol. The molecule has 0 unspecified atom stereocenters. The first-order valence-corrected chi connectivity index (χ1v) is 8.47. The first-order chi connectivity index (χ1) is 11.5. The minimum Gasteiger partial charge on any atom is -0.396 e. The van der Waals surface area contributed by atoms with Gasteiger partial charge in [0.15, 0.2) is 0 Å². The maximum absolute atomic E-state index is 11.8. The topological polar surface area (TPSA) is 53.4 Å². The number of aliphatic hydroxyl groups excluding tert-OH is 1. The number of pyridine rings is 1. The van der Waals surface area contributed by atoms with Crippen molar-refractivity contribution in [1.82, 2.24) is 4.98 Å². The second kappa shape index (κ2) is 6.73. The van der Waals surface area contributed by atoms with Crippen LogP contribution in [0.1, 0.15) is 37.3 Å². The van der Waals surface area contributed by atoms with Gasteiger partial charge in [-0.25, -0.2) is 0 Å². The molecule has 2 aromatic rings. The highest BCUT2D eigenvalue weighted by molar-refractivity contribution is 5.96. The van der Waals surface area contributed by atoms with Crippen molar-refractivity contribution in [3.05, 3.63) is 47.8 Å². The van der Waals surface area contributed by atoms with E-state index < -0.39 is 0 Å². The van der Waals surface area contributed by atoms with Crippen LogP contribution in [0.3, 0.4) is 0 Å². The van der Waals surface area contributed by atoms with Crippen molar-refractivity contribution in [3.8, 4) is 11.1 Å². The summed E-state index contributed by atoms with van der Waals surface area (Å²) in [6.45, 7) is 4.35. The number of hydrogen-bond donors (Lipinski definition) is 1. The maximum Gasteiger partial charge on any atom is 0.227 e. The molecule has 24 heavy (non-hydrogen) atoms. The minimum atomic E-state index is 0.0961. The predicted molar refractivity (Wildman–Crippen MR) is 96.1 cm³/mol. The number of carbonyl (C=O) groups is 1. The van der Waals surface area contributed by atoms with Crippen LogP contribution in [0.5, 0.6) is 0 Å². The van der Waals surface area contributed by atoms with Crippen LogP contribution in [0.4, 0.5) is 5.69 Å². The highest BCUT2D eigenvalue weighted by Gasteiger charge is 2.21. The Balaban J connectivity index is 1.97. The Morgan fingerprint density at radius 2 is 1.96 bits per heavy atom. The van der Waals surface area contributed by atoms with Crippen molar-refractivity contribution in [2.45, 2.75) is 32.6 Å². The highest BCUT2D eigenvalue weighted by atomic mass is 16.3. The van der Waals surface area contributed by atoms with Crippen LogP contribution in [0.15, 0.2) is 36.7 Å². The van der Waals surface area contributed by atoms with Gasteiger partial charge in [0, 0.05) is 43.0 Å². The van der Waals surface area contributed by atoms with Crippen molar-refractivity contribution >= 4 is 11.6 Å². The Hall–Kier alpha value is -2.20. The van der Waals surface area contributed by atoms with Crippen LogP contribution in [-0.4, -0.2) is 29.7 Å². The van der Waals surface area contributed by atoms with E-state index in [2.05, 4.69) is 31.0 Å². The summed E-state index contributed by atoms with van der Waals surface area (Å²) in [4.78, 5) is 17.9. The number of amides is 1. The molecule has 4 nitrogen and oxygen atoms in total. The molecule has 0 fully saturated rings. The number of aromatic nitrogens is 1. The van der Waals surface area contributed by atoms with Crippen molar-refractivity contribution in [2.75, 3.05) is 18.6 Å². The Morgan fingerprint density at radius 1 is 1.17 bits per heavy atom. The molecule has 2 heterocycles. The van der Waals surface area contributed by atoms with E-state index in [1.807, 2.05) is 31.6 Å². The number of hydrogen-bond acceptors (Lipinski definition) is 3. The SMILES string of the molecule is CC(C)[C@@H](CO)c1cncc(-c2ccc3c(c2)CCC(=O)N3C)c1. The lowest BCUT2D eigenvalue weighted by molar-refractivity contribution is -0.118. The zero-order valence-electron chi connectivity index (χ0n) is 14.5. The second-order valence-electron chi connectivity index (χ2n) is 6.84. The summed E-state index contributed by atoms with van der Waals surface area (Å²) < 4.78 is 0. The zero-order valence-corrected chi connectivity index (χ0v) is 14.5. The summed E-state index contributed by atoms with van der Waals surface area (Å²) in [6, 6.07) is 8.33. The van der Waals surface area contributed by atoms with E-state index in [9.17, 15) is 9.90 Å². The van der Waals surface area contributed by atoms with Crippen molar-refractivity contribution in [3.63, 3.8) is 0 Å². The van der Waals surface area contributed by atoms with Gasteiger partial charge in [-0.15, -0.1) is 0 Å². The van der Waals surface area contributed by atoms with E-state index in [1.54, 1.807) is 4.90 Å². The molecule has 1 amide bonds. The molecule has 0 radical (unpaired) electrons. The van der Waals surface area contributed by atoms with Crippen LogP contribution < -0.4 is 4.90 Å². The molecule has 1 atom stereocenters. The van der Waals surface area contributed by atoms with Crippen LogP contribution in [0.2, 0.25) is 0 Å². The number of anilines is 1. The summed E-state index contributed by atoms with van der Waals surface area (Å²) in [6.07, 6.45) is 5.04. The fourth-order valence-electron chi connectivity index (χ4n) is 3.36. The maximum atomic E-state index is 11.8. The van der Waals surface area contributed by atoms with E-state index in [1.165, 1.54) is 5.56 Å². The molecule has 0 bridgehead atoms. The Kier molecular flexibility index (Phi) is 4.67. The lowest BCUT2D eigenvalue weighted by Gasteiger charge is -2.26. The van der Waals surface area contributed by atoms with E-state index in [0.717, 1.165) is 28.8 Å². The number of aliphatic hydroxyl groups is 1. The summed E-state index contributed by atoms with van der Waals surface area (Å²) in [7, 11) is 1.83. The van der Waals surface area contributed by atoms with Gasteiger partial charge in [0.05, 0.1) is 6.61 Å². The largest absolute Gasteiger partial charge is 0.396 e. The predicted octanol–water partition coefficient (Wildman–Crippen LogP) is 3.39. The van der Waals surface area contributed by atoms with Gasteiger partial charge in [-0.1, -0.05) is 19.9 Å². The highest BCUT2D eigenvalue weighted by Crippen LogP contribution is 2.32. The molecule has 1 N–H and O–H groups in total. The molecule has 4 heteroatoms. The van der Waals surface area contributed by atoms with Gasteiger partial charge in [-0.2, -0.15) is 0 Å². The molecule has 1 aliphatic rings. The number of fused-ring (bicyclic) bond motifs is 1. The van der Waals surface area contributed by atoms with Gasteiger partial charge >= 0.3 is 0 Å². The average Bonchev–Trinajstić information content (AvgIpc) is 2.58. The van der Waals surface area contributed by atoms with Crippen LogP contribution >= 0.6 is 0 Å². The second-order valence-corrected chi connectivity index (χ2v) is 6.84.